The third-order valence-corrected chi connectivity index (χ3v) is 2.42. The van der Waals surface area contributed by atoms with Gasteiger partial charge in [-0.05, 0) is 24.5 Å². The van der Waals surface area contributed by atoms with Crippen molar-refractivity contribution in [3.63, 3.8) is 0 Å². The molecule has 1 rings (SSSR count). The molecule has 1 aromatic rings. The molecule has 0 saturated carbocycles. The Morgan fingerprint density at radius 3 is 2.42 bits per heavy atom. The van der Waals surface area contributed by atoms with E-state index in [0.717, 1.165) is 12.1 Å². The zero-order chi connectivity index (χ0) is 14.6. The number of anilines is 1. The zero-order valence-corrected chi connectivity index (χ0v) is 10.5. The van der Waals surface area contributed by atoms with E-state index < -0.39 is 23.8 Å². The van der Waals surface area contributed by atoms with Crippen LogP contribution in [0.25, 0.3) is 0 Å². The SMILES string of the molecule is CC(C)CC(Nc1ccc(C(F)(F)F)cn1)C(=O)O. The van der Waals surface area contributed by atoms with Gasteiger partial charge in [-0.1, -0.05) is 13.8 Å². The molecule has 0 aromatic carbocycles. The number of aliphatic carboxylic acids is 1. The fourth-order valence-electron chi connectivity index (χ4n) is 1.52. The number of rotatable bonds is 5. The van der Waals surface area contributed by atoms with Crippen LogP contribution >= 0.6 is 0 Å². The van der Waals surface area contributed by atoms with Crippen LogP contribution < -0.4 is 5.32 Å². The molecule has 19 heavy (non-hydrogen) atoms. The summed E-state index contributed by atoms with van der Waals surface area (Å²) in [6.07, 6.45) is -3.41. The third kappa shape index (κ3) is 4.76. The van der Waals surface area contributed by atoms with Gasteiger partial charge in [-0.2, -0.15) is 13.2 Å². The van der Waals surface area contributed by atoms with E-state index in [2.05, 4.69) is 10.3 Å². The van der Waals surface area contributed by atoms with Gasteiger partial charge in [-0.15, -0.1) is 0 Å². The molecule has 0 saturated heterocycles. The molecular formula is C12H15F3N2O2. The number of nitrogens with zero attached hydrogens (tertiary/aromatic N) is 1. The first-order valence-electron chi connectivity index (χ1n) is 5.72. The second kappa shape index (κ2) is 5.90. The zero-order valence-electron chi connectivity index (χ0n) is 10.5. The Kier molecular flexibility index (Phi) is 4.74. The highest BCUT2D eigenvalue weighted by atomic mass is 19.4. The molecule has 0 aliphatic rings. The van der Waals surface area contributed by atoms with E-state index in [4.69, 9.17) is 5.11 Å². The van der Waals surface area contributed by atoms with Gasteiger partial charge < -0.3 is 10.4 Å². The molecule has 0 aliphatic carbocycles. The first kappa shape index (κ1) is 15.3. The van der Waals surface area contributed by atoms with Gasteiger partial charge in [0.1, 0.15) is 11.9 Å². The molecule has 2 N–H and O–H groups in total. The predicted molar refractivity (Wildman–Crippen MR) is 63.7 cm³/mol. The number of hydrogen-bond donors (Lipinski definition) is 2. The van der Waals surface area contributed by atoms with Crippen LogP contribution in [0.3, 0.4) is 0 Å². The monoisotopic (exact) mass is 276 g/mol. The summed E-state index contributed by atoms with van der Waals surface area (Å²) in [5, 5.41) is 11.6. The largest absolute Gasteiger partial charge is 0.480 e. The number of carboxylic acids is 1. The average Bonchev–Trinajstić information content (AvgIpc) is 2.27. The highest BCUT2D eigenvalue weighted by Crippen LogP contribution is 2.29. The highest BCUT2D eigenvalue weighted by molar-refractivity contribution is 5.76. The smallest absolute Gasteiger partial charge is 0.417 e. The topological polar surface area (TPSA) is 62.2 Å². The molecule has 0 fully saturated rings. The molecule has 106 valence electrons. The van der Waals surface area contributed by atoms with Crippen molar-refractivity contribution in [2.45, 2.75) is 32.5 Å². The summed E-state index contributed by atoms with van der Waals surface area (Å²) < 4.78 is 37.0. The number of alkyl halides is 3. The van der Waals surface area contributed by atoms with Crippen LogP contribution in [0, 0.1) is 5.92 Å². The molecule has 1 atom stereocenters. The van der Waals surface area contributed by atoms with Crippen LogP contribution in [-0.2, 0) is 11.0 Å². The average molecular weight is 276 g/mol. The Hall–Kier alpha value is -1.79. The van der Waals surface area contributed by atoms with Crippen molar-refractivity contribution < 1.29 is 23.1 Å². The van der Waals surface area contributed by atoms with Crippen LogP contribution in [0.4, 0.5) is 19.0 Å². The number of carbonyl (C=O) groups is 1. The fraction of sp³-hybridized carbons (Fsp3) is 0.500. The number of carboxylic acid groups (broad SMARTS) is 1. The summed E-state index contributed by atoms with van der Waals surface area (Å²) in [5.74, 6) is -0.806. The van der Waals surface area contributed by atoms with Gasteiger partial charge in [-0.25, -0.2) is 9.78 Å². The lowest BCUT2D eigenvalue weighted by atomic mass is 10.0. The maximum absolute atomic E-state index is 12.3. The molecule has 4 nitrogen and oxygen atoms in total. The second-order valence-corrected chi connectivity index (χ2v) is 4.59. The lowest BCUT2D eigenvalue weighted by Crippen LogP contribution is -2.31. The molecule has 7 heteroatoms. The molecule has 0 bridgehead atoms. The minimum absolute atomic E-state index is 0.112. The van der Waals surface area contributed by atoms with Gasteiger partial charge in [0.05, 0.1) is 5.56 Å². The molecule has 1 aromatic heterocycles. The van der Waals surface area contributed by atoms with Gasteiger partial charge in [0.25, 0.3) is 0 Å². The maximum atomic E-state index is 12.3. The molecular weight excluding hydrogens is 261 g/mol. The van der Waals surface area contributed by atoms with E-state index in [0.29, 0.717) is 12.6 Å². The van der Waals surface area contributed by atoms with Crippen molar-refractivity contribution in [3.05, 3.63) is 23.9 Å². The summed E-state index contributed by atoms with van der Waals surface area (Å²) in [5.41, 5.74) is -0.867. The number of pyridine rings is 1. The molecule has 1 heterocycles. The Morgan fingerprint density at radius 2 is 2.05 bits per heavy atom. The first-order valence-corrected chi connectivity index (χ1v) is 5.72. The van der Waals surface area contributed by atoms with Crippen LogP contribution in [0.15, 0.2) is 18.3 Å². The third-order valence-electron chi connectivity index (χ3n) is 2.42. The minimum atomic E-state index is -4.45. The van der Waals surface area contributed by atoms with Crippen molar-refractivity contribution in [1.29, 1.82) is 0 Å². The van der Waals surface area contributed by atoms with Gasteiger partial charge in [0.15, 0.2) is 0 Å². The lowest BCUT2D eigenvalue weighted by molar-refractivity contribution is -0.139. The summed E-state index contributed by atoms with van der Waals surface area (Å²) in [4.78, 5) is 14.6. The van der Waals surface area contributed by atoms with E-state index in [1.807, 2.05) is 13.8 Å². The molecule has 0 radical (unpaired) electrons. The summed E-state index contributed by atoms with van der Waals surface area (Å²) in [7, 11) is 0. The van der Waals surface area contributed by atoms with Gasteiger partial charge in [-0.3, -0.25) is 0 Å². The van der Waals surface area contributed by atoms with Crippen LogP contribution in [0.1, 0.15) is 25.8 Å². The number of nitrogens with one attached hydrogen (secondary N) is 1. The fourth-order valence-corrected chi connectivity index (χ4v) is 1.52. The van der Waals surface area contributed by atoms with Gasteiger partial charge in [0, 0.05) is 6.20 Å². The first-order chi connectivity index (χ1) is 8.70. The van der Waals surface area contributed by atoms with Gasteiger partial charge in [0.2, 0.25) is 0 Å². The molecule has 0 spiro atoms. The van der Waals surface area contributed by atoms with Crippen molar-refractivity contribution in [1.82, 2.24) is 4.98 Å². The summed E-state index contributed by atoms with van der Waals surface area (Å²) in [6, 6.07) is 1.12. The van der Waals surface area contributed by atoms with Crippen LogP contribution in [-0.4, -0.2) is 22.1 Å². The number of halogens is 3. The maximum Gasteiger partial charge on any atom is 0.417 e. The standard InChI is InChI=1S/C12H15F3N2O2/c1-7(2)5-9(11(18)19)17-10-4-3-8(6-16-10)12(13,14)15/h3-4,6-7,9H,5H2,1-2H3,(H,16,17)(H,18,19). The molecule has 0 aliphatic heterocycles. The van der Waals surface area contributed by atoms with Gasteiger partial charge >= 0.3 is 12.1 Å². The molecule has 0 amide bonds. The van der Waals surface area contributed by atoms with E-state index >= 15 is 0 Å². The summed E-state index contributed by atoms with van der Waals surface area (Å²) >= 11 is 0. The Balaban J connectivity index is 2.78. The summed E-state index contributed by atoms with van der Waals surface area (Å²) in [6.45, 7) is 3.72. The quantitative estimate of drug-likeness (QED) is 0.867. The van der Waals surface area contributed by atoms with E-state index in [-0.39, 0.29) is 11.7 Å². The lowest BCUT2D eigenvalue weighted by Gasteiger charge is -2.17. The second-order valence-electron chi connectivity index (χ2n) is 4.59. The molecule has 1 unspecified atom stereocenters. The van der Waals surface area contributed by atoms with E-state index in [1.54, 1.807) is 0 Å². The predicted octanol–water partition coefficient (Wildman–Crippen LogP) is 3.01. The van der Waals surface area contributed by atoms with Crippen molar-refractivity contribution in [2.24, 2.45) is 5.92 Å². The van der Waals surface area contributed by atoms with Crippen LogP contribution in [0.5, 0.6) is 0 Å². The highest BCUT2D eigenvalue weighted by Gasteiger charge is 2.30. The van der Waals surface area contributed by atoms with Crippen molar-refractivity contribution in [3.8, 4) is 0 Å². The van der Waals surface area contributed by atoms with E-state index in [9.17, 15) is 18.0 Å². The Bertz CT molecular complexity index is 430. The van der Waals surface area contributed by atoms with Crippen molar-refractivity contribution in [2.75, 3.05) is 5.32 Å². The van der Waals surface area contributed by atoms with Crippen molar-refractivity contribution >= 4 is 11.8 Å². The Morgan fingerprint density at radius 1 is 1.42 bits per heavy atom. The number of aromatic nitrogens is 1. The van der Waals surface area contributed by atoms with E-state index in [1.165, 1.54) is 0 Å². The van der Waals surface area contributed by atoms with Crippen LogP contribution in [0.2, 0.25) is 0 Å². The normalized spacial score (nSPS) is 13.4. The number of hydrogen-bond acceptors (Lipinski definition) is 3. The Labute approximate surface area is 108 Å². The minimum Gasteiger partial charge on any atom is -0.480 e.